The Bertz CT molecular complexity index is 628. The predicted octanol–water partition coefficient (Wildman–Crippen LogP) is 2.59. The molecule has 1 rings (SSSR count). The van der Waals surface area contributed by atoms with Crippen LogP contribution in [0.1, 0.15) is 5.56 Å². The Balaban J connectivity index is 3.30. The fourth-order valence-corrected chi connectivity index (χ4v) is 1.52. The number of halogens is 1. The van der Waals surface area contributed by atoms with E-state index in [1.165, 1.54) is 6.07 Å². The van der Waals surface area contributed by atoms with Gasteiger partial charge in [-0.1, -0.05) is 11.6 Å². The molecule has 1 aromatic rings. The summed E-state index contributed by atoms with van der Waals surface area (Å²) in [6, 6.07) is 7.81. The largest absolute Gasteiger partial charge is 0.505 e. The van der Waals surface area contributed by atoms with Gasteiger partial charge in [0.25, 0.3) is 0 Å². The number of aryl methyl sites for hydroxylation is 1. The van der Waals surface area contributed by atoms with E-state index in [4.69, 9.17) is 27.4 Å². The molecule has 0 fully saturated rings. The van der Waals surface area contributed by atoms with Gasteiger partial charge in [0.05, 0.1) is 5.69 Å². The molecule has 0 aliphatic heterocycles. The Kier molecular flexibility index (Phi) is 4.16. The van der Waals surface area contributed by atoms with E-state index in [0.717, 1.165) is 0 Å². The zero-order valence-corrected chi connectivity index (χ0v) is 10.1. The third-order valence-corrected chi connectivity index (χ3v) is 2.33. The van der Waals surface area contributed by atoms with Crippen molar-refractivity contribution in [3.8, 4) is 24.0 Å². The molecule has 88 valence electrons. The number of nitriles is 3. The van der Waals surface area contributed by atoms with Crippen molar-refractivity contribution in [3.05, 3.63) is 34.0 Å². The number of nitrogens with one attached hydrogen (secondary N) is 1. The molecule has 0 aliphatic carbocycles. The zero-order valence-electron chi connectivity index (χ0n) is 9.32. The highest BCUT2D eigenvalue weighted by Crippen LogP contribution is 2.32. The van der Waals surface area contributed by atoms with Crippen LogP contribution in [0.4, 0.5) is 5.69 Å². The molecule has 5 nitrogen and oxygen atoms in total. The van der Waals surface area contributed by atoms with Gasteiger partial charge in [0.15, 0.2) is 5.57 Å². The summed E-state index contributed by atoms with van der Waals surface area (Å²) < 4.78 is 0. The number of benzene rings is 1. The monoisotopic (exact) mass is 258 g/mol. The maximum Gasteiger partial charge on any atom is 0.163 e. The molecule has 0 unspecified atom stereocenters. The predicted molar refractivity (Wildman–Crippen MR) is 65.3 cm³/mol. The van der Waals surface area contributed by atoms with Crippen LogP contribution in [0, 0.1) is 40.9 Å². The summed E-state index contributed by atoms with van der Waals surface area (Å²) in [7, 11) is 0. The summed E-state index contributed by atoms with van der Waals surface area (Å²) in [5.41, 5.74) is 0.0730. The fraction of sp³-hybridized carbons (Fsp3) is 0.0833. The number of hydrogen-bond acceptors (Lipinski definition) is 5. The maximum absolute atomic E-state index is 9.77. The molecule has 0 radical (unpaired) electrons. The molecule has 0 spiro atoms. The summed E-state index contributed by atoms with van der Waals surface area (Å²) in [4.78, 5) is 0. The molecular formula is C12H7ClN4O. The van der Waals surface area contributed by atoms with Crippen LogP contribution in [0.3, 0.4) is 0 Å². The van der Waals surface area contributed by atoms with Crippen molar-refractivity contribution in [2.75, 3.05) is 5.32 Å². The van der Waals surface area contributed by atoms with Crippen molar-refractivity contribution >= 4 is 17.3 Å². The Labute approximate surface area is 109 Å². The number of phenolic OH excluding ortho intramolecular Hbond substituents is 1. The van der Waals surface area contributed by atoms with E-state index in [-0.39, 0.29) is 22.7 Å². The maximum atomic E-state index is 9.77. The van der Waals surface area contributed by atoms with Crippen molar-refractivity contribution < 1.29 is 5.11 Å². The third kappa shape index (κ3) is 2.71. The number of aromatic hydroxyl groups is 1. The zero-order chi connectivity index (χ0) is 13.7. The molecule has 0 aliphatic rings. The highest BCUT2D eigenvalue weighted by atomic mass is 35.5. The van der Waals surface area contributed by atoms with Gasteiger partial charge in [-0.25, -0.2) is 0 Å². The number of hydrogen-bond donors (Lipinski definition) is 2. The van der Waals surface area contributed by atoms with E-state index < -0.39 is 0 Å². The lowest BCUT2D eigenvalue weighted by atomic mass is 10.1. The lowest BCUT2D eigenvalue weighted by Crippen LogP contribution is -2.01. The molecule has 1 aromatic carbocycles. The Morgan fingerprint density at radius 1 is 1.22 bits per heavy atom. The van der Waals surface area contributed by atoms with Crippen molar-refractivity contribution in [1.82, 2.24) is 0 Å². The first-order valence-corrected chi connectivity index (χ1v) is 5.12. The summed E-state index contributed by atoms with van der Waals surface area (Å²) in [6.45, 7) is 1.64. The van der Waals surface area contributed by atoms with Gasteiger partial charge in [-0.15, -0.1) is 0 Å². The van der Waals surface area contributed by atoms with Crippen LogP contribution in [-0.4, -0.2) is 5.11 Å². The quantitative estimate of drug-likeness (QED) is 0.627. The third-order valence-electron chi connectivity index (χ3n) is 2.11. The minimum absolute atomic E-state index is 0.0950. The summed E-state index contributed by atoms with van der Waals surface area (Å²) in [5, 5.41) is 38.9. The second kappa shape index (κ2) is 5.59. The minimum atomic E-state index is -0.366. The molecule has 0 saturated carbocycles. The molecule has 0 amide bonds. The first-order valence-electron chi connectivity index (χ1n) is 4.74. The van der Waals surface area contributed by atoms with Crippen LogP contribution in [-0.2, 0) is 0 Å². The van der Waals surface area contributed by atoms with Crippen LogP contribution in [0.5, 0.6) is 5.75 Å². The average molecular weight is 259 g/mol. The SMILES string of the molecule is Cc1cc(Cl)cc(NC(C#N)=C(C#N)C#N)c1O. The number of nitrogens with zero attached hydrogens (tertiary/aromatic N) is 3. The van der Waals surface area contributed by atoms with Crippen LogP contribution >= 0.6 is 11.6 Å². The van der Waals surface area contributed by atoms with E-state index in [2.05, 4.69) is 5.32 Å². The first-order chi connectivity index (χ1) is 8.53. The highest BCUT2D eigenvalue weighted by Gasteiger charge is 2.11. The van der Waals surface area contributed by atoms with Gasteiger partial charge in [-0.2, -0.15) is 15.8 Å². The van der Waals surface area contributed by atoms with Crippen molar-refractivity contribution in [2.45, 2.75) is 6.92 Å². The molecule has 18 heavy (non-hydrogen) atoms. The van der Waals surface area contributed by atoms with Crippen LogP contribution in [0.25, 0.3) is 0 Å². The van der Waals surface area contributed by atoms with Crippen molar-refractivity contribution in [1.29, 1.82) is 15.8 Å². The van der Waals surface area contributed by atoms with Gasteiger partial charge in [-0.3, -0.25) is 0 Å². The number of rotatable bonds is 2. The number of phenols is 1. The van der Waals surface area contributed by atoms with Crippen molar-refractivity contribution in [2.24, 2.45) is 0 Å². The Morgan fingerprint density at radius 3 is 2.33 bits per heavy atom. The lowest BCUT2D eigenvalue weighted by Gasteiger charge is -2.09. The highest BCUT2D eigenvalue weighted by molar-refractivity contribution is 6.31. The molecular weight excluding hydrogens is 252 g/mol. The van der Waals surface area contributed by atoms with Gasteiger partial charge in [0.1, 0.15) is 29.7 Å². The standard InChI is InChI=1S/C12H7ClN4O/c1-7-2-9(13)3-10(12(7)18)17-11(6-16)8(4-14)5-15/h2-3,17-18H,1H3. The van der Waals surface area contributed by atoms with Gasteiger partial charge in [-0.05, 0) is 24.6 Å². The normalized spacial score (nSPS) is 8.61. The number of allylic oxidation sites excluding steroid dienone is 2. The van der Waals surface area contributed by atoms with Crippen LogP contribution < -0.4 is 5.32 Å². The van der Waals surface area contributed by atoms with E-state index >= 15 is 0 Å². The second-order valence-electron chi connectivity index (χ2n) is 3.33. The van der Waals surface area contributed by atoms with Crippen molar-refractivity contribution in [3.63, 3.8) is 0 Å². The minimum Gasteiger partial charge on any atom is -0.505 e. The average Bonchev–Trinajstić information content (AvgIpc) is 2.35. The Hall–Kier alpha value is -2.68. The summed E-state index contributed by atoms with van der Waals surface area (Å²) >= 11 is 5.82. The van der Waals surface area contributed by atoms with Gasteiger partial charge in [0, 0.05) is 5.02 Å². The van der Waals surface area contributed by atoms with Gasteiger partial charge < -0.3 is 10.4 Å². The molecule has 0 bridgehead atoms. The van der Waals surface area contributed by atoms with Crippen LogP contribution in [0.2, 0.25) is 5.02 Å². The lowest BCUT2D eigenvalue weighted by molar-refractivity contribution is 0.473. The van der Waals surface area contributed by atoms with E-state index in [9.17, 15) is 5.11 Å². The molecule has 0 atom stereocenters. The topological polar surface area (TPSA) is 104 Å². The second-order valence-corrected chi connectivity index (χ2v) is 3.77. The Morgan fingerprint density at radius 2 is 1.83 bits per heavy atom. The molecule has 0 aromatic heterocycles. The molecule has 0 saturated heterocycles. The number of anilines is 1. The van der Waals surface area contributed by atoms with Gasteiger partial charge >= 0.3 is 0 Å². The van der Waals surface area contributed by atoms with E-state index in [1.807, 2.05) is 0 Å². The smallest absolute Gasteiger partial charge is 0.163 e. The van der Waals surface area contributed by atoms with E-state index in [0.29, 0.717) is 10.6 Å². The first kappa shape index (κ1) is 13.4. The summed E-state index contributed by atoms with van der Waals surface area (Å²) in [6.07, 6.45) is 0. The van der Waals surface area contributed by atoms with E-state index in [1.54, 1.807) is 31.2 Å². The molecule has 2 N–H and O–H groups in total. The van der Waals surface area contributed by atoms with Crippen LogP contribution in [0.15, 0.2) is 23.4 Å². The fourth-order valence-electron chi connectivity index (χ4n) is 1.25. The van der Waals surface area contributed by atoms with Gasteiger partial charge in [0.2, 0.25) is 0 Å². The molecule has 6 heteroatoms. The summed E-state index contributed by atoms with van der Waals surface area (Å²) in [5.74, 6) is -0.0950. The molecule has 0 heterocycles.